The van der Waals surface area contributed by atoms with Gasteiger partial charge in [-0.05, 0) is 52.8 Å². The Balaban J connectivity index is 3.00. The molecule has 0 bridgehead atoms. The van der Waals surface area contributed by atoms with Gasteiger partial charge in [-0.15, -0.1) is 0 Å². The molecule has 0 saturated heterocycles. The van der Waals surface area contributed by atoms with Crippen molar-refractivity contribution in [3.63, 3.8) is 0 Å². The molecule has 0 spiro atoms. The number of hydrogen-bond donors (Lipinski definition) is 0. The van der Waals surface area contributed by atoms with E-state index in [1.54, 1.807) is 0 Å². The minimum absolute atomic E-state index is 0.362. The van der Waals surface area contributed by atoms with Crippen LogP contribution in [0.15, 0.2) is 18.2 Å². The summed E-state index contributed by atoms with van der Waals surface area (Å²) in [5.74, 6) is 0.802. The summed E-state index contributed by atoms with van der Waals surface area (Å²) in [7, 11) is 0. The van der Waals surface area contributed by atoms with Crippen molar-refractivity contribution < 1.29 is 4.39 Å². The molecule has 0 unspecified atom stereocenters. The highest BCUT2D eigenvalue weighted by atomic mass is 127. The van der Waals surface area contributed by atoms with Crippen LogP contribution in [0.4, 0.5) is 4.39 Å². The molecule has 0 nitrogen and oxygen atoms in total. The minimum atomic E-state index is -0.362. The first kappa shape index (κ1) is 9.96. The molecule has 1 aromatic carbocycles. The molecule has 12 heavy (non-hydrogen) atoms. The van der Waals surface area contributed by atoms with Crippen LogP contribution in [-0.4, -0.2) is 6.67 Å². The monoisotopic (exact) mass is 277 g/mol. The maximum atomic E-state index is 12.3. The first-order valence-electron chi connectivity index (χ1n) is 3.79. The number of benzene rings is 1. The molecule has 0 saturated carbocycles. The third-order valence-corrected chi connectivity index (χ3v) is 2.36. The van der Waals surface area contributed by atoms with Crippen LogP contribution in [0, 0.1) is 16.4 Å². The lowest BCUT2D eigenvalue weighted by atomic mass is 10.0. The second-order valence-corrected chi connectivity index (χ2v) is 4.18. The average molecular weight is 277 g/mol. The quantitative estimate of drug-likeness (QED) is 0.726. The van der Waals surface area contributed by atoms with Gasteiger partial charge in [-0.2, -0.15) is 0 Å². The summed E-state index contributed by atoms with van der Waals surface area (Å²) in [4.78, 5) is 0. The van der Waals surface area contributed by atoms with Gasteiger partial charge in [0.2, 0.25) is 0 Å². The summed E-state index contributed by atoms with van der Waals surface area (Å²) in [5, 5.41) is 0. The van der Waals surface area contributed by atoms with Crippen LogP contribution in [-0.2, 0) is 0 Å². The molecule has 65 valence electrons. The lowest BCUT2D eigenvalue weighted by Crippen LogP contribution is -1.97. The highest BCUT2D eigenvalue weighted by molar-refractivity contribution is 14.1. The Labute approximate surface area is 86.3 Å². The summed E-state index contributed by atoms with van der Waals surface area (Å²) in [6.07, 6.45) is 0. The highest BCUT2D eigenvalue weighted by Crippen LogP contribution is 2.19. The molecule has 0 aliphatic rings. The molecule has 0 atom stereocenters. The van der Waals surface area contributed by atoms with Crippen molar-refractivity contribution in [3.05, 3.63) is 38.8 Å². The van der Waals surface area contributed by atoms with Crippen molar-refractivity contribution in [1.29, 1.82) is 0 Å². The Hall–Kier alpha value is -0.120. The highest BCUT2D eigenvalue weighted by Gasteiger charge is 2.06. The van der Waals surface area contributed by atoms with Crippen LogP contribution in [0.2, 0.25) is 0 Å². The molecular weight excluding hydrogens is 266 g/mol. The van der Waals surface area contributed by atoms with Crippen molar-refractivity contribution in [2.75, 3.05) is 6.67 Å². The molecule has 1 rings (SSSR count). The van der Waals surface area contributed by atoms with E-state index in [0.717, 1.165) is 15.1 Å². The van der Waals surface area contributed by atoms with Gasteiger partial charge >= 0.3 is 0 Å². The van der Waals surface area contributed by atoms with E-state index in [0.29, 0.717) is 0 Å². The minimum Gasteiger partial charge on any atom is -0.250 e. The lowest BCUT2D eigenvalue weighted by Gasteiger charge is -2.07. The topological polar surface area (TPSA) is 0 Å². The lowest BCUT2D eigenvalue weighted by molar-refractivity contribution is 0.516. The van der Waals surface area contributed by atoms with Crippen molar-refractivity contribution in [1.82, 2.24) is 0 Å². The van der Waals surface area contributed by atoms with Gasteiger partial charge in [0.25, 0.3) is 0 Å². The molecule has 1 aromatic rings. The molecule has 0 heterocycles. The standard InChI is InChI=1S/C10H11FI/c1-7-3-9(8(2)6-11)5-10(12)4-7/h3-5H,6H2,1-2H3. The van der Waals surface area contributed by atoms with E-state index in [2.05, 4.69) is 28.7 Å². The van der Waals surface area contributed by atoms with Gasteiger partial charge in [-0.1, -0.05) is 13.0 Å². The molecule has 0 aromatic heterocycles. The fourth-order valence-electron chi connectivity index (χ4n) is 1.06. The smallest absolute Gasteiger partial charge is 0.0997 e. The van der Waals surface area contributed by atoms with Gasteiger partial charge in [0.15, 0.2) is 0 Å². The van der Waals surface area contributed by atoms with Gasteiger partial charge in [0.05, 0.1) is 6.67 Å². The molecule has 1 radical (unpaired) electrons. The largest absolute Gasteiger partial charge is 0.250 e. The van der Waals surface area contributed by atoms with Gasteiger partial charge in [-0.3, -0.25) is 4.39 Å². The van der Waals surface area contributed by atoms with Crippen LogP contribution in [0.1, 0.15) is 18.1 Å². The zero-order chi connectivity index (χ0) is 9.14. The zero-order valence-corrected chi connectivity index (χ0v) is 9.35. The van der Waals surface area contributed by atoms with E-state index < -0.39 is 0 Å². The van der Waals surface area contributed by atoms with Crippen molar-refractivity contribution in [2.45, 2.75) is 13.8 Å². The van der Waals surface area contributed by atoms with Crippen LogP contribution in [0.3, 0.4) is 0 Å². The molecule has 0 aliphatic carbocycles. The molecule has 0 amide bonds. The van der Waals surface area contributed by atoms with E-state index in [-0.39, 0.29) is 6.67 Å². The molecule has 0 fully saturated rings. The Morgan fingerprint density at radius 3 is 2.58 bits per heavy atom. The molecule has 2 heteroatoms. The second-order valence-electron chi connectivity index (χ2n) is 2.93. The van der Waals surface area contributed by atoms with E-state index >= 15 is 0 Å². The third-order valence-electron chi connectivity index (χ3n) is 1.74. The number of alkyl halides is 1. The normalized spacial score (nSPS) is 10.8. The first-order valence-corrected chi connectivity index (χ1v) is 4.87. The molecule has 0 aliphatic heterocycles. The predicted molar refractivity (Wildman–Crippen MR) is 57.9 cm³/mol. The number of hydrogen-bond acceptors (Lipinski definition) is 0. The van der Waals surface area contributed by atoms with Gasteiger partial charge < -0.3 is 0 Å². The van der Waals surface area contributed by atoms with Gasteiger partial charge in [0, 0.05) is 9.49 Å². The van der Waals surface area contributed by atoms with Gasteiger partial charge in [-0.25, -0.2) is 0 Å². The summed E-state index contributed by atoms with van der Waals surface area (Å²) in [6.45, 7) is 3.49. The Morgan fingerprint density at radius 1 is 1.42 bits per heavy atom. The van der Waals surface area contributed by atoms with Crippen LogP contribution in [0.25, 0.3) is 0 Å². The van der Waals surface area contributed by atoms with Gasteiger partial charge in [0.1, 0.15) is 0 Å². The maximum Gasteiger partial charge on any atom is 0.0997 e. The number of halogens is 2. The molecule has 0 N–H and O–H groups in total. The van der Waals surface area contributed by atoms with Crippen LogP contribution in [0.5, 0.6) is 0 Å². The third kappa shape index (κ3) is 2.44. The predicted octanol–water partition coefficient (Wildman–Crippen LogP) is 3.51. The fraction of sp³-hybridized carbons (Fsp3) is 0.300. The van der Waals surface area contributed by atoms with E-state index in [1.165, 1.54) is 5.56 Å². The van der Waals surface area contributed by atoms with Crippen molar-refractivity contribution in [3.8, 4) is 0 Å². The number of aryl methyl sites for hydroxylation is 1. The van der Waals surface area contributed by atoms with E-state index in [9.17, 15) is 4.39 Å². The summed E-state index contributed by atoms with van der Waals surface area (Å²) in [6, 6.07) is 6.09. The van der Waals surface area contributed by atoms with E-state index in [1.807, 2.05) is 26.0 Å². The SMILES string of the molecule is C[C](CF)c1cc(C)cc(I)c1. The summed E-state index contributed by atoms with van der Waals surface area (Å²) < 4.78 is 13.5. The molecular formula is C10H11FI. The van der Waals surface area contributed by atoms with E-state index in [4.69, 9.17) is 0 Å². The van der Waals surface area contributed by atoms with Crippen molar-refractivity contribution in [2.24, 2.45) is 0 Å². The van der Waals surface area contributed by atoms with Crippen molar-refractivity contribution >= 4 is 22.6 Å². The summed E-state index contributed by atoms with van der Waals surface area (Å²) >= 11 is 2.24. The Kier molecular flexibility index (Phi) is 3.50. The van der Waals surface area contributed by atoms with Crippen LogP contribution < -0.4 is 0 Å². The number of rotatable bonds is 2. The Morgan fingerprint density at radius 2 is 2.08 bits per heavy atom. The Bertz CT molecular complexity index is 250. The first-order chi connectivity index (χ1) is 5.63. The fourth-order valence-corrected chi connectivity index (χ4v) is 1.89. The average Bonchev–Trinajstić information content (AvgIpc) is 2.01. The van der Waals surface area contributed by atoms with Crippen LogP contribution >= 0.6 is 22.6 Å². The maximum absolute atomic E-state index is 12.3. The second kappa shape index (κ2) is 4.21. The zero-order valence-electron chi connectivity index (χ0n) is 7.20. The summed E-state index contributed by atoms with van der Waals surface area (Å²) in [5.41, 5.74) is 2.20.